The minimum absolute atomic E-state index is 0.115. The van der Waals surface area contributed by atoms with E-state index in [0.29, 0.717) is 26.2 Å². The van der Waals surface area contributed by atoms with Crippen molar-refractivity contribution >= 4 is 11.8 Å². The van der Waals surface area contributed by atoms with E-state index >= 15 is 0 Å². The summed E-state index contributed by atoms with van der Waals surface area (Å²) in [6, 6.07) is 10.3. The van der Waals surface area contributed by atoms with Gasteiger partial charge in [0.15, 0.2) is 0 Å². The van der Waals surface area contributed by atoms with Gasteiger partial charge >= 0.3 is 0 Å². The Hall–Kier alpha value is -1.88. The SMILES string of the molecule is CC(=O)N1CCN(CC(=O)N(Cc2ccccc2)C(C)C)CC1. The standard InChI is InChI=1S/C18H27N3O2/c1-15(2)21(13-17-7-5-4-6-8-17)18(23)14-19-9-11-20(12-10-19)16(3)22/h4-8,15H,9-14H2,1-3H3. The molecule has 1 saturated heterocycles. The minimum Gasteiger partial charge on any atom is -0.340 e. The van der Waals surface area contributed by atoms with Crippen molar-refractivity contribution in [1.29, 1.82) is 0 Å². The Morgan fingerprint density at radius 2 is 1.70 bits per heavy atom. The van der Waals surface area contributed by atoms with Gasteiger partial charge in [-0.1, -0.05) is 30.3 Å². The third kappa shape index (κ3) is 5.06. The average Bonchev–Trinajstić information content (AvgIpc) is 2.53. The Labute approximate surface area is 138 Å². The van der Waals surface area contributed by atoms with Gasteiger partial charge < -0.3 is 9.80 Å². The Morgan fingerprint density at radius 1 is 1.09 bits per heavy atom. The van der Waals surface area contributed by atoms with Crippen LogP contribution in [0.3, 0.4) is 0 Å². The number of carbonyl (C=O) groups excluding carboxylic acids is 2. The lowest BCUT2D eigenvalue weighted by atomic mass is 10.2. The molecule has 0 aliphatic carbocycles. The molecular formula is C18H27N3O2. The molecule has 0 saturated carbocycles. The molecule has 0 atom stereocenters. The summed E-state index contributed by atoms with van der Waals surface area (Å²) in [6.07, 6.45) is 0. The zero-order chi connectivity index (χ0) is 16.8. The first-order chi connectivity index (χ1) is 11.0. The van der Waals surface area contributed by atoms with Crippen LogP contribution in [0, 0.1) is 0 Å². The van der Waals surface area contributed by atoms with Gasteiger partial charge in [0.05, 0.1) is 6.54 Å². The molecule has 1 aliphatic rings. The highest BCUT2D eigenvalue weighted by Gasteiger charge is 2.24. The van der Waals surface area contributed by atoms with Gasteiger partial charge in [-0.2, -0.15) is 0 Å². The fraction of sp³-hybridized carbons (Fsp3) is 0.556. The van der Waals surface area contributed by atoms with Gasteiger partial charge in [-0.3, -0.25) is 14.5 Å². The predicted octanol–water partition coefficient (Wildman–Crippen LogP) is 1.59. The van der Waals surface area contributed by atoms with E-state index in [9.17, 15) is 9.59 Å². The number of piperazine rings is 1. The van der Waals surface area contributed by atoms with Crippen LogP contribution >= 0.6 is 0 Å². The van der Waals surface area contributed by atoms with E-state index in [4.69, 9.17) is 0 Å². The largest absolute Gasteiger partial charge is 0.340 e. The molecule has 23 heavy (non-hydrogen) atoms. The molecular weight excluding hydrogens is 290 g/mol. The first kappa shape index (κ1) is 17.5. The lowest BCUT2D eigenvalue weighted by Crippen LogP contribution is -2.51. The lowest BCUT2D eigenvalue weighted by Gasteiger charge is -2.35. The molecule has 0 N–H and O–H groups in total. The number of hydrogen-bond donors (Lipinski definition) is 0. The summed E-state index contributed by atoms with van der Waals surface area (Å²) < 4.78 is 0. The van der Waals surface area contributed by atoms with Gasteiger partial charge in [0.25, 0.3) is 0 Å². The molecule has 1 fully saturated rings. The van der Waals surface area contributed by atoms with Crippen molar-refractivity contribution in [3.8, 4) is 0 Å². The molecule has 2 amide bonds. The van der Waals surface area contributed by atoms with Gasteiger partial charge in [-0.15, -0.1) is 0 Å². The zero-order valence-electron chi connectivity index (χ0n) is 14.4. The highest BCUT2D eigenvalue weighted by atomic mass is 16.2. The molecule has 1 heterocycles. The Kier molecular flexibility index (Phi) is 6.16. The monoisotopic (exact) mass is 317 g/mol. The second kappa shape index (κ2) is 8.11. The molecule has 126 valence electrons. The maximum absolute atomic E-state index is 12.7. The number of benzene rings is 1. The molecule has 5 nitrogen and oxygen atoms in total. The number of nitrogens with zero attached hydrogens (tertiary/aromatic N) is 3. The van der Waals surface area contributed by atoms with Crippen LogP contribution in [0.2, 0.25) is 0 Å². The van der Waals surface area contributed by atoms with Crippen molar-refractivity contribution in [3.05, 3.63) is 35.9 Å². The second-order valence-electron chi connectivity index (χ2n) is 6.38. The third-order valence-corrected chi connectivity index (χ3v) is 4.32. The van der Waals surface area contributed by atoms with Crippen molar-refractivity contribution in [3.63, 3.8) is 0 Å². The molecule has 1 aliphatic heterocycles. The maximum Gasteiger partial charge on any atom is 0.237 e. The summed E-state index contributed by atoms with van der Waals surface area (Å²) in [7, 11) is 0. The number of amides is 2. The Bertz CT molecular complexity index is 522. The van der Waals surface area contributed by atoms with Gasteiger partial charge in [0.2, 0.25) is 11.8 Å². The third-order valence-electron chi connectivity index (χ3n) is 4.32. The van der Waals surface area contributed by atoms with Crippen molar-refractivity contribution in [2.24, 2.45) is 0 Å². The van der Waals surface area contributed by atoms with Crippen LogP contribution in [0.5, 0.6) is 0 Å². The highest BCUT2D eigenvalue weighted by molar-refractivity contribution is 5.78. The van der Waals surface area contributed by atoms with Crippen LogP contribution in [-0.4, -0.2) is 65.3 Å². The van der Waals surface area contributed by atoms with Crippen molar-refractivity contribution < 1.29 is 9.59 Å². The summed E-state index contributed by atoms with van der Waals surface area (Å²) in [5.74, 6) is 0.268. The second-order valence-corrected chi connectivity index (χ2v) is 6.38. The molecule has 1 aromatic rings. The van der Waals surface area contributed by atoms with Gasteiger partial charge in [-0.25, -0.2) is 0 Å². The van der Waals surface area contributed by atoms with Gasteiger partial charge in [-0.05, 0) is 19.4 Å². The first-order valence-corrected chi connectivity index (χ1v) is 8.28. The van der Waals surface area contributed by atoms with Crippen LogP contribution in [0.25, 0.3) is 0 Å². The summed E-state index contributed by atoms with van der Waals surface area (Å²) in [4.78, 5) is 29.9. The smallest absolute Gasteiger partial charge is 0.237 e. The molecule has 0 radical (unpaired) electrons. The predicted molar refractivity (Wildman–Crippen MR) is 90.8 cm³/mol. The van der Waals surface area contributed by atoms with Crippen LogP contribution in [0.15, 0.2) is 30.3 Å². The molecule has 0 unspecified atom stereocenters. The van der Waals surface area contributed by atoms with Crippen LogP contribution < -0.4 is 0 Å². The summed E-state index contributed by atoms with van der Waals surface area (Å²) in [5, 5.41) is 0. The molecule has 0 spiro atoms. The van der Waals surface area contributed by atoms with E-state index in [0.717, 1.165) is 18.7 Å². The van der Waals surface area contributed by atoms with Gasteiger partial charge in [0, 0.05) is 45.7 Å². The molecule has 0 bridgehead atoms. The van der Waals surface area contributed by atoms with Crippen LogP contribution in [-0.2, 0) is 16.1 Å². The average molecular weight is 317 g/mol. The van der Waals surface area contributed by atoms with E-state index < -0.39 is 0 Å². The molecule has 5 heteroatoms. The number of rotatable bonds is 5. The number of hydrogen-bond acceptors (Lipinski definition) is 3. The highest BCUT2D eigenvalue weighted by Crippen LogP contribution is 2.10. The van der Waals surface area contributed by atoms with E-state index in [1.165, 1.54) is 0 Å². The van der Waals surface area contributed by atoms with Crippen molar-refractivity contribution in [2.75, 3.05) is 32.7 Å². The molecule has 0 aromatic heterocycles. The number of carbonyl (C=O) groups is 2. The summed E-state index contributed by atoms with van der Waals surface area (Å²) in [6.45, 7) is 9.73. The molecule has 1 aromatic carbocycles. The summed E-state index contributed by atoms with van der Waals surface area (Å²) >= 11 is 0. The lowest BCUT2D eigenvalue weighted by molar-refractivity contribution is -0.136. The quantitative estimate of drug-likeness (QED) is 0.828. The van der Waals surface area contributed by atoms with E-state index in [1.54, 1.807) is 6.92 Å². The molecule has 2 rings (SSSR count). The fourth-order valence-electron chi connectivity index (χ4n) is 2.84. The van der Waals surface area contributed by atoms with Crippen LogP contribution in [0.1, 0.15) is 26.3 Å². The summed E-state index contributed by atoms with van der Waals surface area (Å²) in [5.41, 5.74) is 1.15. The normalized spacial score (nSPS) is 15.7. The first-order valence-electron chi connectivity index (χ1n) is 8.28. The minimum atomic E-state index is 0.115. The van der Waals surface area contributed by atoms with E-state index in [2.05, 4.69) is 18.7 Å². The topological polar surface area (TPSA) is 43.9 Å². The van der Waals surface area contributed by atoms with E-state index in [1.807, 2.05) is 40.1 Å². The van der Waals surface area contributed by atoms with E-state index in [-0.39, 0.29) is 17.9 Å². The Morgan fingerprint density at radius 3 is 2.22 bits per heavy atom. The van der Waals surface area contributed by atoms with Gasteiger partial charge in [0.1, 0.15) is 0 Å². The van der Waals surface area contributed by atoms with Crippen molar-refractivity contribution in [2.45, 2.75) is 33.4 Å². The Balaban J connectivity index is 1.90. The maximum atomic E-state index is 12.7. The van der Waals surface area contributed by atoms with Crippen LogP contribution in [0.4, 0.5) is 0 Å². The fourth-order valence-corrected chi connectivity index (χ4v) is 2.84. The van der Waals surface area contributed by atoms with Crippen molar-refractivity contribution in [1.82, 2.24) is 14.7 Å². The zero-order valence-corrected chi connectivity index (χ0v) is 14.4.